The fourth-order valence-electron chi connectivity index (χ4n) is 2.42. The van der Waals surface area contributed by atoms with Crippen molar-refractivity contribution in [3.05, 3.63) is 23.2 Å². The van der Waals surface area contributed by atoms with Gasteiger partial charge in [0, 0.05) is 22.9 Å². The Labute approximate surface area is 134 Å². The molecule has 0 aromatic rings. The van der Waals surface area contributed by atoms with Gasteiger partial charge in [-0.25, -0.2) is 0 Å². The van der Waals surface area contributed by atoms with Crippen LogP contribution in [0.4, 0.5) is 0 Å². The maximum Gasteiger partial charge on any atom is 0.139 e. The lowest BCUT2D eigenvalue weighted by atomic mass is 9.83. The second-order valence-electron chi connectivity index (χ2n) is 5.28. The summed E-state index contributed by atoms with van der Waals surface area (Å²) in [5.41, 5.74) is 3.04. The summed E-state index contributed by atoms with van der Waals surface area (Å²) in [6.07, 6.45) is 11.7. The number of carbonyl (C=O) groups is 1. The number of ketones is 1. The SMILES string of the molecule is CCCCC(CC=CCl)C(=O)C(CC=CCl)CCCC. The van der Waals surface area contributed by atoms with Gasteiger partial charge in [-0.1, -0.05) is 74.9 Å². The molecule has 3 heteroatoms. The second-order valence-corrected chi connectivity index (χ2v) is 5.78. The standard InChI is InChI=1S/C17H28Cl2O/c1-3-5-9-15(11-7-13-18)17(20)16(10-6-4-2)12-8-14-19/h7-8,13-16H,3-6,9-12H2,1-2H3. The minimum Gasteiger partial charge on any atom is -0.299 e. The lowest BCUT2D eigenvalue weighted by Crippen LogP contribution is -2.23. The first kappa shape index (κ1) is 19.7. The minimum absolute atomic E-state index is 0.107. The molecule has 0 fully saturated rings. The Bertz CT molecular complexity index is 269. The summed E-state index contributed by atoms with van der Waals surface area (Å²) >= 11 is 11.2. The molecule has 2 atom stereocenters. The van der Waals surface area contributed by atoms with Crippen molar-refractivity contribution in [3.8, 4) is 0 Å². The third-order valence-electron chi connectivity index (χ3n) is 3.64. The largest absolute Gasteiger partial charge is 0.299 e. The molecular weight excluding hydrogens is 291 g/mol. The Morgan fingerprint density at radius 3 is 1.60 bits per heavy atom. The summed E-state index contributed by atoms with van der Waals surface area (Å²) in [5.74, 6) is 0.600. The van der Waals surface area contributed by atoms with Gasteiger partial charge in [0.15, 0.2) is 0 Å². The molecule has 0 aliphatic rings. The third kappa shape index (κ3) is 8.81. The fraction of sp³-hybridized carbons (Fsp3) is 0.706. The Morgan fingerprint density at radius 2 is 1.30 bits per heavy atom. The van der Waals surface area contributed by atoms with Crippen LogP contribution in [0.2, 0.25) is 0 Å². The zero-order valence-electron chi connectivity index (χ0n) is 12.8. The van der Waals surface area contributed by atoms with Crippen LogP contribution in [0.5, 0.6) is 0 Å². The molecule has 0 aliphatic heterocycles. The van der Waals surface area contributed by atoms with E-state index < -0.39 is 0 Å². The maximum atomic E-state index is 12.7. The number of unbranched alkanes of at least 4 members (excludes halogenated alkanes) is 2. The van der Waals surface area contributed by atoms with Gasteiger partial charge in [0.25, 0.3) is 0 Å². The zero-order valence-corrected chi connectivity index (χ0v) is 14.3. The highest BCUT2D eigenvalue weighted by Gasteiger charge is 2.24. The quantitative estimate of drug-likeness (QED) is 0.404. The first-order valence-corrected chi connectivity index (χ1v) is 8.62. The van der Waals surface area contributed by atoms with Crippen LogP contribution in [0.15, 0.2) is 23.2 Å². The number of halogens is 2. The molecule has 0 amide bonds. The molecule has 0 rings (SSSR count). The van der Waals surface area contributed by atoms with Gasteiger partial charge in [0.1, 0.15) is 5.78 Å². The highest BCUT2D eigenvalue weighted by molar-refractivity contribution is 6.25. The van der Waals surface area contributed by atoms with E-state index in [0.29, 0.717) is 5.78 Å². The molecule has 2 unspecified atom stereocenters. The highest BCUT2D eigenvalue weighted by atomic mass is 35.5. The van der Waals surface area contributed by atoms with E-state index in [1.807, 2.05) is 12.2 Å². The lowest BCUT2D eigenvalue weighted by Gasteiger charge is -2.20. The van der Waals surface area contributed by atoms with Crippen molar-refractivity contribution in [2.45, 2.75) is 65.2 Å². The van der Waals surface area contributed by atoms with Crippen LogP contribution in [0, 0.1) is 11.8 Å². The highest BCUT2D eigenvalue weighted by Crippen LogP contribution is 2.25. The van der Waals surface area contributed by atoms with Crippen LogP contribution >= 0.6 is 23.2 Å². The van der Waals surface area contributed by atoms with Gasteiger partial charge >= 0.3 is 0 Å². The molecule has 0 aliphatic carbocycles. The number of hydrogen-bond donors (Lipinski definition) is 0. The van der Waals surface area contributed by atoms with Crippen LogP contribution in [0.3, 0.4) is 0 Å². The van der Waals surface area contributed by atoms with Crippen molar-refractivity contribution in [3.63, 3.8) is 0 Å². The summed E-state index contributed by atoms with van der Waals surface area (Å²) in [5, 5.41) is 0. The molecule has 0 bridgehead atoms. The average molecular weight is 319 g/mol. The van der Waals surface area contributed by atoms with Crippen molar-refractivity contribution in [2.75, 3.05) is 0 Å². The smallest absolute Gasteiger partial charge is 0.139 e. The van der Waals surface area contributed by atoms with Crippen molar-refractivity contribution >= 4 is 29.0 Å². The molecule has 0 saturated carbocycles. The molecule has 1 nitrogen and oxygen atoms in total. The van der Waals surface area contributed by atoms with E-state index in [4.69, 9.17) is 23.2 Å². The van der Waals surface area contributed by atoms with E-state index in [0.717, 1.165) is 51.4 Å². The predicted octanol–water partition coefficient (Wildman–Crippen LogP) is 6.45. The first-order valence-electron chi connectivity index (χ1n) is 7.75. The summed E-state index contributed by atoms with van der Waals surface area (Å²) in [7, 11) is 0. The summed E-state index contributed by atoms with van der Waals surface area (Å²) in [6, 6.07) is 0. The van der Waals surface area contributed by atoms with Crippen LogP contribution < -0.4 is 0 Å². The van der Waals surface area contributed by atoms with Gasteiger partial charge in [0.05, 0.1) is 0 Å². The van der Waals surface area contributed by atoms with Crippen LogP contribution in [0.25, 0.3) is 0 Å². The van der Waals surface area contributed by atoms with Crippen molar-refractivity contribution in [2.24, 2.45) is 11.8 Å². The number of carbonyl (C=O) groups excluding carboxylic acids is 1. The topological polar surface area (TPSA) is 17.1 Å². The van der Waals surface area contributed by atoms with E-state index in [9.17, 15) is 4.79 Å². The molecule has 0 saturated heterocycles. The monoisotopic (exact) mass is 318 g/mol. The van der Waals surface area contributed by atoms with Gasteiger partial charge in [-0.2, -0.15) is 0 Å². The minimum atomic E-state index is 0.107. The van der Waals surface area contributed by atoms with Crippen molar-refractivity contribution in [1.82, 2.24) is 0 Å². The van der Waals surface area contributed by atoms with Crippen molar-refractivity contribution < 1.29 is 4.79 Å². The van der Waals surface area contributed by atoms with Crippen LogP contribution in [-0.4, -0.2) is 5.78 Å². The second kappa shape index (κ2) is 13.7. The van der Waals surface area contributed by atoms with Gasteiger partial charge < -0.3 is 0 Å². The Morgan fingerprint density at radius 1 is 0.900 bits per heavy atom. The Kier molecular flexibility index (Phi) is 13.5. The van der Waals surface area contributed by atoms with Gasteiger partial charge in [-0.05, 0) is 25.7 Å². The van der Waals surface area contributed by atoms with E-state index in [2.05, 4.69) is 13.8 Å². The normalized spacial score (nSPS) is 15.0. The Hall–Kier alpha value is -0.270. The van der Waals surface area contributed by atoms with E-state index in [-0.39, 0.29) is 11.8 Å². The molecule has 0 N–H and O–H groups in total. The summed E-state index contributed by atoms with van der Waals surface area (Å²) < 4.78 is 0. The molecule has 0 spiro atoms. The summed E-state index contributed by atoms with van der Waals surface area (Å²) in [4.78, 5) is 12.7. The van der Waals surface area contributed by atoms with E-state index >= 15 is 0 Å². The average Bonchev–Trinajstić information content (AvgIpc) is 2.47. The molecular formula is C17H28Cl2O. The number of rotatable bonds is 12. The Balaban J connectivity index is 4.71. The fourth-order valence-corrected chi connectivity index (χ4v) is 2.62. The zero-order chi connectivity index (χ0) is 15.2. The summed E-state index contributed by atoms with van der Waals surface area (Å²) in [6.45, 7) is 4.31. The van der Waals surface area contributed by atoms with Gasteiger partial charge in [-0.3, -0.25) is 4.79 Å². The molecule has 116 valence electrons. The van der Waals surface area contributed by atoms with Crippen LogP contribution in [-0.2, 0) is 4.79 Å². The molecule has 0 aromatic heterocycles. The lowest BCUT2D eigenvalue weighted by molar-refractivity contribution is -0.127. The molecule has 20 heavy (non-hydrogen) atoms. The number of allylic oxidation sites excluding steroid dienone is 2. The van der Waals surface area contributed by atoms with Gasteiger partial charge in [0.2, 0.25) is 0 Å². The number of Topliss-reactive ketones (excluding diaryl/α,β-unsaturated/α-hetero) is 1. The van der Waals surface area contributed by atoms with Crippen molar-refractivity contribution in [1.29, 1.82) is 0 Å². The maximum absolute atomic E-state index is 12.7. The molecule has 0 aromatic carbocycles. The number of hydrogen-bond acceptors (Lipinski definition) is 1. The first-order chi connectivity index (χ1) is 9.71. The third-order valence-corrected chi connectivity index (χ3v) is 3.99. The van der Waals surface area contributed by atoms with E-state index in [1.165, 1.54) is 11.1 Å². The molecule has 0 radical (unpaired) electrons. The van der Waals surface area contributed by atoms with E-state index in [1.54, 1.807) is 0 Å². The van der Waals surface area contributed by atoms with Gasteiger partial charge in [-0.15, -0.1) is 0 Å². The van der Waals surface area contributed by atoms with Crippen LogP contribution in [0.1, 0.15) is 65.2 Å². The predicted molar refractivity (Wildman–Crippen MR) is 90.3 cm³/mol. The molecule has 0 heterocycles.